The average Bonchev–Trinajstić information content (AvgIpc) is 2.23. The van der Waals surface area contributed by atoms with Crippen molar-refractivity contribution in [3.8, 4) is 0 Å². The summed E-state index contributed by atoms with van der Waals surface area (Å²) in [6.45, 7) is 16.3. The molecule has 0 aliphatic carbocycles. The molecule has 1 nitrogen and oxygen atoms in total. The van der Waals surface area contributed by atoms with Crippen LogP contribution in [0.4, 0.5) is 0 Å². The smallest absolute Gasteiger partial charge is 0.0377 e. The molecule has 0 saturated heterocycles. The zero-order valence-electron chi connectivity index (χ0n) is 12.2. The van der Waals surface area contributed by atoms with E-state index in [0.717, 1.165) is 6.54 Å². The molecule has 1 aliphatic rings. The second-order valence-electron chi connectivity index (χ2n) is 4.89. The van der Waals surface area contributed by atoms with Gasteiger partial charge in [-0.3, -0.25) is 0 Å². The molecule has 1 heteroatoms. The third-order valence-electron chi connectivity index (χ3n) is 2.91. The van der Waals surface area contributed by atoms with Crippen LogP contribution in [-0.4, -0.2) is 12.1 Å². The Balaban J connectivity index is 0.00000106. The highest BCUT2D eigenvalue weighted by Gasteiger charge is 2.26. The van der Waals surface area contributed by atoms with Gasteiger partial charge in [0.1, 0.15) is 0 Å². The molecule has 1 aliphatic heterocycles. The summed E-state index contributed by atoms with van der Waals surface area (Å²) in [5, 5.41) is 3.58. The second kappa shape index (κ2) is 6.90. The first-order chi connectivity index (χ1) is 7.47. The van der Waals surface area contributed by atoms with E-state index in [-0.39, 0.29) is 5.54 Å². The number of rotatable bonds is 2. The van der Waals surface area contributed by atoms with Crippen molar-refractivity contribution in [2.45, 2.75) is 66.8 Å². The molecular formula is C15H29N. The Labute approximate surface area is 102 Å². The van der Waals surface area contributed by atoms with Crippen LogP contribution in [-0.2, 0) is 0 Å². The van der Waals surface area contributed by atoms with Crippen molar-refractivity contribution in [2.75, 3.05) is 6.54 Å². The Hall–Kier alpha value is -0.560. The summed E-state index contributed by atoms with van der Waals surface area (Å²) in [6, 6.07) is 0. The van der Waals surface area contributed by atoms with Crippen molar-refractivity contribution >= 4 is 0 Å². The summed E-state index contributed by atoms with van der Waals surface area (Å²) in [6.07, 6.45) is 4.73. The van der Waals surface area contributed by atoms with Crippen LogP contribution >= 0.6 is 0 Å². The number of hydrogen-bond acceptors (Lipinski definition) is 1. The van der Waals surface area contributed by atoms with Gasteiger partial charge in [-0.1, -0.05) is 38.0 Å². The second-order valence-corrected chi connectivity index (χ2v) is 4.89. The van der Waals surface area contributed by atoms with Crippen LogP contribution in [0.15, 0.2) is 22.8 Å². The van der Waals surface area contributed by atoms with Crippen LogP contribution in [0.1, 0.15) is 61.3 Å². The lowest BCUT2D eigenvalue weighted by molar-refractivity contribution is 0.430. The third-order valence-corrected chi connectivity index (χ3v) is 2.91. The summed E-state index contributed by atoms with van der Waals surface area (Å²) in [7, 11) is 0. The molecule has 0 fully saturated rings. The van der Waals surface area contributed by atoms with Crippen molar-refractivity contribution in [2.24, 2.45) is 0 Å². The fourth-order valence-corrected chi connectivity index (χ4v) is 2.14. The molecule has 1 rings (SSSR count). The normalized spacial score (nSPS) is 18.7. The number of allylic oxidation sites excluding steroid dienone is 1. The number of hydrogen-bond donors (Lipinski definition) is 1. The topological polar surface area (TPSA) is 12.0 Å². The predicted molar refractivity (Wildman–Crippen MR) is 74.8 cm³/mol. The van der Waals surface area contributed by atoms with Crippen molar-refractivity contribution in [1.82, 2.24) is 5.32 Å². The number of nitrogens with one attached hydrogen (secondary N) is 1. The molecule has 0 amide bonds. The van der Waals surface area contributed by atoms with E-state index in [4.69, 9.17) is 0 Å². The van der Waals surface area contributed by atoms with E-state index in [1.54, 1.807) is 5.57 Å². The molecule has 1 N–H and O–H groups in total. The zero-order valence-corrected chi connectivity index (χ0v) is 12.2. The summed E-state index contributed by atoms with van der Waals surface area (Å²) < 4.78 is 0. The van der Waals surface area contributed by atoms with E-state index in [1.165, 1.54) is 24.0 Å². The molecular weight excluding hydrogens is 194 g/mol. The maximum absolute atomic E-state index is 3.58. The van der Waals surface area contributed by atoms with E-state index in [2.05, 4.69) is 46.0 Å². The van der Waals surface area contributed by atoms with Crippen molar-refractivity contribution in [1.29, 1.82) is 0 Å². The molecule has 94 valence electrons. The summed E-state index contributed by atoms with van der Waals surface area (Å²) in [5.41, 5.74) is 4.67. The summed E-state index contributed by atoms with van der Waals surface area (Å²) in [4.78, 5) is 0. The lowest BCUT2D eigenvalue weighted by Gasteiger charge is -2.35. The highest BCUT2D eigenvalue weighted by Crippen LogP contribution is 2.29. The zero-order chi connectivity index (χ0) is 12.8. The molecule has 0 bridgehead atoms. The highest BCUT2D eigenvalue weighted by molar-refractivity contribution is 5.38. The quantitative estimate of drug-likeness (QED) is 0.729. The lowest BCUT2D eigenvalue weighted by Crippen LogP contribution is -2.45. The molecule has 0 spiro atoms. The standard InChI is InChI=1S/C13H23N.C2H6/c1-6-11-7-8-14-13(4,5)12(11)9-10(2)3;1-2/h9,14H,6-8H2,1-5H3;1-2H3. The van der Waals surface area contributed by atoms with Crippen LogP contribution < -0.4 is 5.32 Å². The monoisotopic (exact) mass is 223 g/mol. The molecule has 0 aromatic rings. The van der Waals surface area contributed by atoms with Crippen molar-refractivity contribution in [3.63, 3.8) is 0 Å². The van der Waals surface area contributed by atoms with Gasteiger partial charge in [-0.05, 0) is 52.7 Å². The van der Waals surface area contributed by atoms with Crippen LogP contribution in [0.2, 0.25) is 0 Å². The van der Waals surface area contributed by atoms with Gasteiger partial charge < -0.3 is 5.32 Å². The average molecular weight is 223 g/mol. The van der Waals surface area contributed by atoms with Gasteiger partial charge in [-0.15, -0.1) is 0 Å². The van der Waals surface area contributed by atoms with Gasteiger partial charge in [0.25, 0.3) is 0 Å². The molecule has 16 heavy (non-hydrogen) atoms. The Kier molecular flexibility index (Phi) is 6.66. The highest BCUT2D eigenvalue weighted by atomic mass is 15.0. The first-order valence-corrected chi connectivity index (χ1v) is 6.60. The van der Waals surface area contributed by atoms with Crippen LogP contribution in [0, 0.1) is 0 Å². The van der Waals surface area contributed by atoms with Gasteiger partial charge in [0.15, 0.2) is 0 Å². The van der Waals surface area contributed by atoms with E-state index in [9.17, 15) is 0 Å². The molecule has 0 unspecified atom stereocenters. The van der Waals surface area contributed by atoms with Gasteiger partial charge in [0, 0.05) is 5.54 Å². The predicted octanol–water partition coefficient (Wildman–Crippen LogP) is 4.46. The molecule has 0 aromatic carbocycles. The summed E-state index contributed by atoms with van der Waals surface area (Å²) >= 11 is 0. The summed E-state index contributed by atoms with van der Waals surface area (Å²) in [5.74, 6) is 0. The maximum atomic E-state index is 3.58. The molecule has 0 aromatic heterocycles. The Morgan fingerprint density at radius 1 is 1.31 bits per heavy atom. The SMILES string of the molecule is CC.CCC1=C(C=C(C)C)C(C)(C)NCC1. The van der Waals surface area contributed by atoms with Gasteiger partial charge in [-0.2, -0.15) is 0 Å². The van der Waals surface area contributed by atoms with Gasteiger partial charge in [0.2, 0.25) is 0 Å². The minimum Gasteiger partial charge on any atom is -0.308 e. The third kappa shape index (κ3) is 4.13. The van der Waals surface area contributed by atoms with Crippen molar-refractivity contribution in [3.05, 3.63) is 22.8 Å². The van der Waals surface area contributed by atoms with Crippen LogP contribution in [0.5, 0.6) is 0 Å². The fourth-order valence-electron chi connectivity index (χ4n) is 2.14. The minimum atomic E-state index is 0.154. The molecule has 0 saturated carbocycles. The molecule has 0 radical (unpaired) electrons. The Morgan fingerprint density at radius 3 is 2.31 bits per heavy atom. The van der Waals surface area contributed by atoms with E-state index < -0.39 is 0 Å². The maximum Gasteiger partial charge on any atom is 0.0377 e. The Bertz CT molecular complexity index is 265. The fraction of sp³-hybridized carbons (Fsp3) is 0.733. The van der Waals surface area contributed by atoms with E-state index in [0.29, 0.717) is 0 Å². The lowest BCUT2D eigenvalue weighted by atomic mass is 9.83. The Morgan fingerprint density at radius 2 is 1.88 bits per heavy atom. The van der Waals surface area contributed by atoms with Crippen molar-refractivity contribution < 1.29 is 0 Å². The van der Waals surface area contributed by atoms with Gasteiger partial charge in [-0.25, -0.2) is 0 Å². The van der Waals surface area contributed by atoms with Crippen LogP contribution in [0.25, 0.3) is 0 Å². The van der Waals surface area contributed by atoms with E-state index >= 15 is 0 Å². The first kappa shape index (κ1) is 15.4. The van der Waals surface area contributed by atoms with E-state index in [1.807, 2.05) is 13.8 Å². The first-order valence-electron chi connectivity index (χ1n) is 6.60. The van der Waals surface area contributed by atoms with Crippen LogP contribution in [0.3, 0.4) is 0 Å². The minimum absolute atomic E-state index is 0.154. The molecule has 0 atom stereocenters. The van der Waals surface area contributed by atoms with Gasteiger partial charge >= 0.3 is 0 Å². The molecule has 1 heterocycles. The van der Waals surface area contributed by atoms with Gasteiger partial charge in [0.05, 0.1) is 0 Å². The largest absolute Gasteiger partial charge is 0.308 e.